The van der Waals surface area contributed by atoms with Gasteiger partial charge in [-0.25, -0.2) is 0 Å². The van der Waals surface area contributed by atoms with Crippen molar-refractivity contribution in [2.24, 2.45) is 0 Å². The quantitative estimate of drug-likeness (QED) is 0.227. The SMILES string of the molecule is CC(C)(c1ccccc1)c1ccc(Nc2ccc3c(c2)C(c2ccccc2)(c2ccccc2)c2ccccc2-3)cc1. The maximum absolute atomic E-state index is 3.72. The molecule has 0 spiro atoms. The summed E-state index contributed by atoms with van der Waals surface area (Å²) in [5, 5.41) is 3.72. The summed E-state index contributed by atoms with van der Waals surface area (Å²) >= 11 is 0. The fourth-order valence-corrected chi connectivity index (χ4v) is 6.68. The first kappa shape index (κ1) is 25.1. The Labute approximate surface area is 243 Å². The van der Waals surface area contributed by atoms with Gasteiger partial charge in [0.2, 0.25) is 0 Å². The van der Waals surface area contributed by atoms with Gasteiger partial charge in [0.25, 0.3) is 0 Å². The Morgan fingerprint density at radius 3 is 1.56 bits per heavy atom. The highest BCUT2D eigenvalue weighted by Gasteiger charge is 2.46. The molecule has 41 heavy (non-hydrogen) atoms. The van der Waals surface area contributed by atoms with E-state index in [1.807, 2.05) is 0 Å². The molecule has 6 aromatic carbocycles. The Kier molecular flexibility index (Phi) is 6.09. The van der Waals surface area contributed by atoms with Crippen LogP contribution in [-0.2, 0) is 10.8 Å². The summed E-state index contributed by atoms with van der Waals surface area (Å²) in [4.78, 5) is 0. The Morgan fingerprint density at radius 1 is 0.439 bits per heavy atom. The molecule has 6 aromatic rings. The minimum atomic E-state index is -0.393. The van der Waals surface area contributed by atoms with Crippen LogP contribution in [0.5, 0.6) is 0 Å². The Morgan fingerprint density at radius 2 is 0.927 bits per heavy atom. The third kappa shape index (κ3) is 4.08. The van der Waals surface area contributed by atoms with E-state index in [4.69, 9.17) is 0 Å². The lowest BCUT2D eigenvalue weighted by Gasteiger charge is -2.34. The average Bonchev–Trinajstić information content (AvgIpc) is 3.33. The first-order valence-corrected chi connectivity index (χ1v) is 14.4. The van der Waals surface area contributed by atoms with Gasteiger partial charge >= 0.3 is 0 Å². The van der Waals surface area contributed by atoms with Crippen molar-refractivity contribution in [2.75, 3.05) is 5.32 Å². The van der Waals surface area contributed by atoms with E-state index < -0.39 is 5.41 Å². The summed E-state index contributed by atoms with van der Waals surface area (Å²) in [5.41, 5.74) is 12.1. The van der Waals surface area contributed by atoms with E-state index >= 15 is 0 Å². The smallest absolute Gasteiger partial charge is 0.0714 e. The van der Waals surface area contributed by atoms with Crippen LogP contribution in [0.25, 0.3) is 11.1 Å². The van der Waals surface area contributed by atoms with Crippen LogP contribution in [-0.4, -0.2) is 0 Å². The van der Waals surface area contributed by atoms with E-state index in [0.29, 0.717) is 0 Å². The number of rotatable bonds is 6. The number of anilines is 2. The normalized spacial score (nSPS) is 13.3. The lowest BCUT2D eigenvalue weighted by atomic mass is 9.67. The summed E-state index contributed by atoms with van der Waals surface area (Å²) in [7, 11) is 0. The van der Waals surface area contributed by atoms with Gasteiger partial charge in [-0.2, -0.15) is 0 Å². The van der Waals surface area contributed by atoms with Gasteiger partial charge in [-0.15, -0.1) is 0 Å². The lowest BCUT2D eigenvalue weighted by molar-refractivity contribution is 0.641. The molecule has 1 nitrogen and oxygen atoms in total. The maximum Gasteiger partial charge on any atom is 0.0714 e. The third-order valence-electron chi connectivity index (χ3n) is 8.85. The largest absolute Gasteiger partial charge is 0.356 e. The van der Waals surface area contributed by atoms with Gasteiger partial charge in [-0.1, -0.05) is 147 Å². The van der Waals surface area contributed by atoms with E-state index in [1.54, 1.807) is 0 Å². The first-order chi connectivity index (χ1) is 20.1. The molecule has 0 unspecified atom stereocenters. The highest BCUT2D eigenvalue weighted by atomic mass is 14.9. The summed E-state index contributed by atoms with van der Waals surface area (Å²) in [5.74, 6) is 0. The minimum absolute atomic E-state index is 0.0654. The number of fused-ring (bicyclic) bond motifs is 3. The molecule has 0 amide bonds. The van der Waals surface area contributed by atoms with Crippen LogP contribution in [0, 0.1) is 0 Å². The molecule has 0 fully saturated rings. The molecule has 0 radical (unpaired) electrons. The van der Waals surface area contributed by atoms with Crippen LogP contribution < -0.4 is 5.32 Å². The van der Waals surface area contributed by atoms with Crippen molar-refractivity contribution in [3.05, 3.63) is 191 Å². The number of hydrogen-bond donors (Lipinski definition) is 1. The molecule has 1 heteroatoms. The standard InChI is InChI=1S/C40H33N/c1-39(2,29-14-6-3-7-15-29)30-22-24-33(25-23-30)41-34-26-27-36-35-20-12-13-21-37(35)40(38(36)28-34,31-16-8-4-9-17-31)32-18-10-5-11-19-32/h3-28,41H,1-2H3. The molecule has 0 aliphatic heterocycles. The summed E-state index contributed by atoms with van der Waals surface area (Å²) in [6.07, 6.45) is 0. The molecule has 0 heterocycles. The molecule has 7 rings (SSSR count). The van der Waals surface area contributed by atoms with Gasteiger partial charge in [-0.05, 0) is 68.8 Å². The summed E-state index contributed by atoms with van der Waals surface area (Å²) in [6, 6.07) is 57.3. The van der Waals surface area contributed by atoms with Crippen molar-refractivity contribution >= 4 is 11.4 Å². The van der Waals surface area contributed by atoms with Crippen molar-refractivity contribution in [2.45, 2.75) is 24.7 Å². The summed E-state index contributed by atoms with van der Waals surface area (Å²) < 4.78 is 0. The maximum atomic E-state index is 3.72. The van der Waals surface area contributed by atoms with Gasteiger partial charge in [0.05, 0.1) is 5.41 Å². The van der Waals surface area contributed by atoms with Gasteiger partial charge in [0.15, 0.2) is 0 Å². The fourth-order valence-electron chi connectivity index (χ4n) is 6.68. The van der Waals surface area contributed by atoms with E-state index in [-0.39, 0.29) is 5.41 Å². The Hall–Kier alpha value is -4.88. The molecule has 0 atom stereocenters. The van der Waals surface area contributed by atoms with E-state index in [1.165, 1.54) is 44.5 Å². The van der Waals surface area contributed by atoms with Gasteiger partial charge in [-0.3, -0.25) is 0 Å². The predicted octanol–water partition coefficient (Wildman–Crippen LogP) is 10.1. The predicted molar refractivity (Wildman–Crippen MR) is 172 cm³/mol. The zero-order valence-corrected chi connectivity index (χ0v) is 23.5. The highest BCUT2D eigenvalue weighted by Crippen LogP contribution is 2.56. The lowest BCUT2D eigenvalue weighted by Crippen LogP contribution is -2.28. The Balaban J connectivity index is 1.32. The van der Waals surface area contributed by atoms with Crippen molar-refractivity contribution in [3.63, 3.8) is 0 Å². The van der Waals surface area contributed by atoms with Gasteiger partial charge in [0, 0.05) is 16.8 Å². The average molecular weight is 528 g/mol. The molecule has 1 N–H and O–H groups in total. The molecule has 0 bridgehead atoms. The topological polar surface area (TPSA) is 12.0 Å². The van der Waals surface area contributed by atoms with Crippen molar-refractivity contribution in [1.82, 2.24) is 0 Å². The van der Waals surface area contributed by atoms with Crippen LogP contribution >= 0.6 is 0 Å². The minimum Gasteiger partial charge on any atom is -0.356 e. The van der Waals surface area contributed by atoms with Crippen molar-refractivity contribution < 1.29 is 0 Å². The van der Waals surface area contributed by atoms with Gasteiger partial charge < -0.3 is 5.32 Å². The Bertz CT molecular complexity index is 1760. The van der Waals surface area contributed by atoms with Crippen molar-refractivity contribution in [1.29, 1.82) is 0 Å². The second-order valence-corrected chi connectivity index (χ2v) is 11.5. The first-order valence-electron chi connectivity index (χ1n) is 14.4. The third-order valence-corrected chi connectivity index (χ3v) is 8.85. The van der Waals surface area contributed by atoms with E-state index in [0.717, 1.165) is 11.4 Å². The second-order valence-electron chi connectivity index (χ2n) is 11.5. The summed E-state index contributed by atoms with van der Waals surface area (Å²) in [6.45, 7) is 4.57. The molecule has 1 aliphatic carbocycles. The molecule has 1 aliphatic rings. The van der Waals surface area contributed by atoms with Crippen LogP contribution in [0.1, 0.15) is 47.2 Å². The number of benzene rings is 6. The number of nitrogens with one attached hydrogen (secondary N) is 1. The zero-order valence-electron chi connectivity index (χ0n) is 23.5. The molecular formula is C40H33N. The second kappa shape index (κ2) is 9.94. The highest BCUT2D eigenvalue weighted by molar-refractivity contribution is 5.88. The molecule has 0 saturated carbocycles. The number of hydrogen-bond acceptors (Lipinski definition) is 1. The monoisotopic (exact) mass is 527 g/mol. The van der Waals surface area contributed by atoms with E-state index in [9.17, 15) is 0 Å². The van der Waals surface area contributed by atoms with Crippen LogP contribution in [0.15, 0.2) is 158 Å². The van der Waals surface area contributed by atoms with Crippen LogP contribution in [0.2, 0.25) is 0 Å². The molecule has 198 valence electrons. The van der Waals surface area contributed by atoms with Crippen LogP contribution in [0.4, 0.5) is 11.4 Å². The van der Waals surface area contributed by atoms with E-state index in [2.05, 4.69) is 177 Å². The van der Waals surface area contributed by atoms with Crippen LogP contribution in [0.3, 0.4) is 0 Å². The molecule has 0 saturated heterocycles. The molecular weight excluding hydrogens is 494 g/mol. The van der Waals surface area contributed by atoms with Gasteiger partial charge in [0.1, 0.15) is 0 Å². The van der Waals surface area contributed by atoms with Crippen molar-refractivity contribution in [3.8, 4) is 11.1 Å². The fraction of sp³-hybridized carbons (Fsp3) is 0.100. The zero-order chi connectivity index (χ0) is 27.9. The molecule has 0 aromatic heterocycles.